The van der Waals surface area contributed by atoms with Gasteiger partial charge in [-0.3, -0.25) is 19.3 Å². The SMILES string of the molecule is COc1cccc2c1C(O)=C1C(=O)[C@]3(O)C(O)=C(C(N)=O)C(=O)[C@@H](N(C)C)[C@@H]3[C@@H](O)[C@@H]1[C@H]2C. The van der Waals surface area contributed by atoms with Gasteiger partial charge in [-0.1, -0.05) is 19.1 Å². The highest BCUT2D eigenvalue weighted by molar-refractivity contribution is 6.24. The van der Waals surface area contributed by atoms with Gasteiger partial charge in [0.05, 0.1) is 30.7 Å². The van der Waals surface area contributed by atoms with Crippen LogP contribution in [0.15, 0.2) is 35.1 Å². The second kappa shape index (κ2) is 7.41. The Hall–Kier alpha value is -3.21. The smallest absolute Gasteiger partial charge is 0.255 e. The average Bonchev–Trinajstić information content (AvgIpc) is 2.75. The van der Waals surface area contributed by atoms with Gasteiger partial charge in [0, 0.05) is 11.5 Å². The molecular formula is C23H26N2O8. The number of likely N-dealkylation sites (N-methyl/N-ethyl adjacent to an activating group) is 1. The predicted octanol–water partition coefficient (Wildman–Crippen LogP) is -0.201. The van der Waals surface area contributed by atoms with Crippen molar-refractivity contribution in [1.82, 2.24) is 4.90 Å². The molecule has 0 bridgehead atoms. The number of Topliss-reactive ketones (excluding diaryl/α,β-unsaturated/α-hetero) is 2. The number of nitrogens with two attached hydrogens (primary N) is 1. The molecule has 1 aromatic rings. The van der Waals surface area contributed by atoms with E-state index >= 15 is 0 Å². The van der Waals surface area contributed by atoms with Crippen molar-refractivity contribution in [2.75, 3.05) is 21.2 Å². The summed E-state index contributed by atoms with van der Waals surface area (Å²) in [7, 11) is 4.36. The van der Waals surface area contributed by atoms with Gasteiger partial charge in [-0.25, -0.2) is 0 Å². The number of ether oxygens (including phenoxy) is 1. The Kier molecular flexibility index (Phi) is 5.15. The summed E-state index contributed by atoms with van der Waals surface area (Å²) < 4.78 is 5.34. The summed E-state index contributed by atoms with van der Waals surface area (Å²) in [4.78, 5) is 40.2. The molecule has 3 aliphatic rings. The molecule has 10 nitrogen and oxygen atoms in total. The highest BCUT2D eigenvalue weighted by Crippen LogP contribution is 2.56. The van der Waals surface area contributed by atoms with Gasteiger partial charge in [-0.15, -0.1) is 0 Å². The van der Waals surface area contributed by atoms with E-state index in [1.807, 2.05) is 0 Å². The second-order valence-corrected chi connectivity index (χ2v) is 8.97. The lowest BCUT2D eigenvalue weighted by atomic mass is 9.54. The molecule has 1 aromatic carbocycles. The maximum absolute atomic E-state index is 13.8. The molecule has 0 saturated heterocycles. The Balaban J connectivity index is 2.06. The number of ketones is 2. The van der Waals surface area contributed by atoms with Gasteiger partial charge in [-0.05, 0) is 31.6 Å². The molecule has 0 radical (unpaired) electrons. The molecule has 1 amide bonds. The zero-order valence-corrected chi connectivity index (χ0v) is 18.6. The summed E-state index contributed by atoms with van der Waals surface area (Å²) >= 11 is 0. The predicted molar refractivity (Wildman–Crippen MR) is 115 cm³/mol. The molecule has 6 N–H and O–H groups in total. The maximum atomic E-state index is 13.8. The van der Waals surface area contributed by atoms with Gasteiger partial charge in [0.25, 0.3) is 5.91 Å². The van der Waals surface area contributed by atoms with Crippen molar-refractivity contribution in [3.63, 3.8) is 0 Å². The van der Waals surface area contributed by atoms with Crippen LogP contribution in [0.1, 0.15) is 24.0 Å². The van der Waals surface area contributed by atoms with Gasteiger partial charge in [-0.2, -0.15) is 0 Å². The fourth-order valence-electron chi connectivity index (χ4n) is 5.73. The third kappa shape index (κ3) is 2.74. The second-order valence-electron chi connectivity index (χ2n) is 8.97. The van der Waals surface area contributed by atoms with Crippen molar-refractivity contribution in [2.45, 2.75) is 30.6 Å². The molecule has 0 heterocycles. The van der Waals surface area contributed by atoms with Crippen LogP contribution >= 0.6 is 0 Å². The van der Waals surface area contributed by atoms with Gasteiger partial charge < -0.3 is 30.9 Å². The summed E-state index contributed by atoms with van der Waals surface area (Å²) in [6, 6.07) is 3.69. The molecule has 0 spiro atoms. The van der Waals surface area contributed by atoms with E-state index in [0.29, 0.717) is 5.56 Å². The van der Waals surface area contributed by atoms with Crippen LogP contribution in [0.5, 0.6) is 5.75 Å². The third-order valence-electron chi connectivity index (χ3n) is 7.20. The van der Waals surface area contributed by atoms with E-state index in [0.717, 1.165) is 0 Å². The number of hydrogen-bond donors (Lipinski definition) is 5. The van der Waals surface area contributed by atoms with Crippen molar-refractivity contribution in [1.29, 1.82) is 0 Å². The van der Waals surface area contributed by atoms with E-state index in [1.165, 1.54) is 26.1 Å². The van der Waals surface area contributed by atoms with Crippen molar-refractivity contribution in [3.8, 4) is 5.75 Å². The molecule has 1 saturated carbocycles. The summed E-state index contributed by atoms with van der Waals surface area (Å²) in [6.07, 6.45) is -1.55. The Morgan fingerprint density at radius 3 is 2.39 bits per heavy atom. The minimum absolute atomic E-state index is 0.232. The van der Waals surface area contributed by atoms with Crippen LogP contribution in [-0.4, -0.2) is 81.8 Å². The van der Waals surface area contributed by atoms with Crippen LogP contribution in [-0.2, 0) is 14.4 Å². The number of primary amides is 1. The molecule has 6 atom stereocenters. The molecule has 33 heavy (non-hydrogen) atoms. The van der Waals surface area contributed by atoms with Gasteiger partial charge in [0.2, 0.25) is 5.78 Å². The first-order valence-corrected chi connectivity index (χ1v) is 10.4. The largest absolute Gasteiger partial charge is 0.508 e. The number of carbonyl (C=O) groups excluding carboxylic acids is 3. The molecule has 0 aliphatic heterocycles. The summed E-state index contributed by atoms with van der Waals surface area (Å²) in [5, 5.41) is 45.1. The number of aliphatic hydroxyl groups excluding tert-OH is 3. The minimum atomic E-state index is -2.86. The first-order valence-electron chi connectivity index (χ1n) is 10.4. The zero-order chi connectivity index (χ0) is 24.6. The van der Waals surface area contributed by atoms with E-state index in [1.54, 1.807) is 25.1 Å². The molecule has 3 aliphatic carbocycles. The molecule has 1 fully saturated rings. The van der Waals surface area contributed by atoms with Crippen LogP contribution in [0.4, 0.5) is 0 Å². The zero-order valence-electron chi connectivity index (χ0n) is 18.6. The van der Waals surface area contributed by atoms with E-state index in [4.69, 9.17) is 10.5 Å². The van der Waals surface area contributed by atoms with Gasteiger partial charge >= 0.3 is 0 Å². The molecule has 176 valence electrons. The lowest BCUT2D eigenvalue weighted by Crippen LogP contribution is -2.70. The van der Waals surface area contributed by atoms with Crippen molar-refractivity contribution >= 4 is 23.2 Å². The average molecular weight is 458 g/mol. The first kappa shape index (κ1) is 23.0. The van der Waals surface area contributed by atoms with Gasteiger partial charge in [0.1, 0.15) is 22.8 Å². The van der Waals surface area contributed by atoms with Crippen LogP contribution in [0, 0.1) is 11.8 Å². The molecule has 4 rings (SSSR count). The van der Waals surface area contributed by atoms with E-state index in [9.17, 15) is 34.8 Å². The Morgan fingerprint density at radius 2 is 1.85 bits per heavy atom. The Morgan fingerprint density at radius 1 is 1.21 bits per heavy atom. The quantitative estimate of drug-likeness (QED) is 0.385. The van der Waals surface area contributed by atoms with E-state index < -0.39 is 70.1 Å². The lowest BCUT2D eigenvalue weighted by molar-refractivity contribution is -0.169. The first-order chi connectivity index (χ1) is 15.4. The minimum Gasteiger partial charge on any atom is -0.508 e. The Labute approximate surface area is 189 Å². The van der Waals surface area contributed by atoms with Crippen LogP contribution in [0.2, 0.25) is 0 Å². The highest BCUT2D eigenvalue weighted by atomic mass is 16.5. The monoisotopic (exact) mass is 458 g/mol. The maximum Gasteiger partial charge on any atom is 0.255 e. The van der Waals surface area contributed by atoms with E-state index in [2.05, 4.69) is 0 Å². The summed E-state index contributed by atoms with van der Waals surface area (Å²) in [5.74, 6) is -7.83. The number of benzene rings is 1. The number of methoxy groups -OCH3 is 1. The number of amides is 1. The normalized spacial score (nSPS) is 33.6. The Bertz CT molecular complexity index is 1150. The number of rotatable bonds is 3. The third-order valence-corrected chi connectivity index (χ3v) is 7.20. The van der Waals surface area contributed by atoms with Crippen LogP contribution in [0.3, 0.4) is 0 Å². The van der Waals surface area contributed by atoms with Crippen molar-refractivity contribution in [3.05, 3.63) is 46.2 Å². The molecule has 10 heteroatoms. The van der Waals surface area contributed by atoms with Crippen LogP contribution in [0.25, 0.3) is 5.76 Å². The molecule has 0 aromatic heterocycles. The summed E-state index contributed by atoms with van der Waals surface area (Å²) in [5.41, 5.74) is 2.06. The lowest BCUT2D eigenvalue weighted by Gasteiger charge is -2.53. The number of hydrogen-bond acceptors (Lipinski definition) is 9. The summed E-state index contributed by atoms with van der Waals surface area (Å²) in [6.45, 7) is 1.75. The van der Waals surface area contributed by atoms with Crippen molar-refractivity contribution in [2.24, 2.45) is 17.6 Å². The topological polar surface area (TPSA) is 171 Å². The van der Waals surface area contributed by atoms with Crippen molar-refractivity contribution < 1.29 is 39.5 Å². The standard InChI is InChI=1S/C23H26N2O8/c1-8-9-6-5-7-10(33-4)12(9)17(26)13-11(8)18(27)15-16(25(2)3)19(28)14(22(24)31)21(30)23(15,32)20(13)29/h5-8,11,15-16,18,26-27,30,32H,1-4H3,(H2,24,31)/t8-,11+,15+,16-,18-,23-/m0/s1. The molecular weight excluding hydrogens is 432 g/mol. The number of fused-ring (bicyclic) bond motifs is 3. The van der Waals surface area contributed by atoms with Crippen LogP contribution < -0.4 is 10.5 Å². The van der Waals surface area contributed by atoms with E-state index in [-0.39, 0.29) is 16.9 Å². The fraction of sp³-hybridized carbons (Fsp3) is 0.435. The van der Waals surface area contributed by atoms with Gasteiger partial charge in [0.15, 0.2) is 11.4 Å². The molecule has 0 unspecified atom stereocenters. The fourth-order valence-corrected chi connectivity index (χ4v) is 5.73. The number of nitrogens with zero attached hydrogens (tertiary/aromatic N) is 1. The number of aliphatic hydroxyl groups is 4. The number of carbonyl (C=O) groups is 3. The highest BCUT2D eigenvalue weighted by Gasteiger charge is 2.68.